The Morgan fingerprint density at radius 3 is 2.53 bits per heavy atom. The van der Waals surface area contributed by atoms with Gasteiger partial charge in [0.1, 0.15) is 11.4 Å². The Morgan fingerprint density at radius 1 is 1.00 bits per heavy atom. The van der Waals surface area contributed by atoms with Crippen LogP contribution in [-0.4, -0.2) is 10.3 Å². The molecule has 0 saturated carbocycles. The van der Waals surface area contributed by atoms with Crippen molar-refractivity contribution in [2.75, 3.05) is 0 Å². The average Bonchev–Trinajstić information content (AvgIpc) is 2.89. The van der Waals surface area contributed by atoms with E-state index in [2.05, 4.69) is 5.16 Å². The van der Waals surface area contributed by atoms with Crippen LogP contribution in [0.2, 0.25) is 0 Å². The molecule has 3 rings (SSSR count). The highest BCUT2D eigenvalue weighted by atomic mass is 16.5. The van der Waals surface area contributed by atoms with E-state index >= 15 is 0 Å². The van der Waals surface area contributed by atoms with Crippen LogP contribution >= 0.6 is 0 Å². The number of phenols is 1. The highest BCUT2D eigenvalue weighted by molar-refractivity contribution is 5.70. The molecule has 0 aliphatic carbocycles. The van der Waals surface area contributed by atoms with Crippen molar-refractivity contribution < 1.29 is 9.63 Å². The average molecular weight is 251 g/mol. The second kappa shape index (κ2) is 4.61. The minimum atomic E-state index is 0.204. The maximum Gasteiger partial charge on any atom is 0.171 e. The van der Waals surface area contributed by atoms with E-state index in [1.807, 2.05) is 55.5 Å². The maximum absolute atomic E-state index is 9.94. The Balaban J connectivity index is 2.02. The predicted octanol–water partition coefficient (Wildman–Crippen LogP) is 4.02. The third kappa shape index (κ3) is 2.22. The van der Waals surface area contributed by atoms with E-state index in [-0.39, 0.29) is 5.75 Å². The van der Waals surface area contributed by atoms with Crippen LogP contribution in [0.4, 0.5) is 0 Å². The van der Waals surface area contributed by atoms with Crippen molar-refractivity contribution in [3.8, 4) is 28.3 Å². The van der Waals surface area contributed by atoms with Crippen LogP contribution in [-0.2, 0) is 0 Å². The first kappa shape index (κ1) is 11.5. The lowest BCUT2D eigenvalue weighted by molar-refractivity contribution is 0.428. The van der Waals surface area contributed by atoms with Gasteiger partial charge in [0.15, 0.2) is 5.76 Å². The van der Waals surface area contributed by atoms with Crippen LogP contribution in [0.3, 0.4) is 0 Å². The smallest absolute Gasteiger partial charge is 0.171 e. The lowest BCUT2D eigenvalue weighted by atomic mass is 10.1. The molecule has 0 aliphatic heterocycles. The summed E-state index contributed by atoms with van der Waals surface area (Å²) in [6.07, 6.45) is 0. The van der Waals surface area contributed by atoms with Gasteiger partial charge < -0.3 is 9.63 Å². The molecule has 94 valence electrons. The molecule has 0 unspecified atom stereocenters. The van der Waals surface area contributed by atoms with Gasteiger partial charge in [0.2, 0.25) is 0 Å². The first-order valence-corrected chi connectivity index (χ1v) is 6.06. The third-order valence-corrected chi connectivity index (χ3v) is 3.00. The normalized spacial score (nSPS) is 10.6. The molecule has 0 atom stereocenters. The van der Waals surface area contributed by atoms with Crippen molar-refractivity contribution in [2.45, 2.75) is 6.92 Å². The summed E-state index contributed by atoms with van der Waals surface area (Å²) >= 11 is 0. The molecular formula is C16H13NO2. The van der Waals surface area contributed by atoms with Crippen LogP contribution in [0.1, 0.15) is 5.56 Å². The minimum Gasteiger partial charge on any atom is -0.507 e. The second-order valence-corrected chi connectivity index (χ2v) is 4.46. The zero-order valence-electron chi connectivity index (χ0n) is 10.5. The van der Waals surface area contributed by atoms with Crippen molar-refractivity contribution >= 4 is 0 Å². The largest absolute Gasteiger partial charge is 0.507 e. The zero-order chi connectivity index (χ0) is 13.2. The molecule has 1 aromatic heterocycles. The van der Waals surface area contributed by atoms with Crippen molar-refractivity contribution in [1.29, 1.82) is 0 Å². The van der Waals surface area contributed by atoms with E-state index in [1.165, 1.54) is 0 Å². The van der Waals surface area contributed by atoms with Crippen molar-refractivity contribution in [1.82, 2.24) is 5.16 Å². The SMILES string of the molecule is Cc1ccc(-c2cc(-c3ccccc3)no2)c(O)c1. The second-order valence-electron chi connectivity index (χ2n) is 4.46. The third-order valence-electron chi connectivity index (χ3n) is 3.00. The number of nitrogens with zero attached hydrogens (tertiary/aromatic N) is 1. The van der Waals surface area contributed by atoms with E-state index in [0.29, 0.717) is 11.3 Å². The van der Waals surface area contributed by atoms with E-state index in [9.17, 15) is 5.11 Å². The van der Waals surface area contributed by atoms with Gasteiger partial charge in [-0.05, 0) is 24.6 Å². The van der Waals surface area contributed by atoms with Crippen LogP contribution in [0, 0.1) is 6.92 Å². The number of hydrogen-bond donors (Lipinski definition) is 1. The van der Waals surface area contributed by atoms with Gasteiger partial charge in [-0.1, -0.05) is 41.6 Å². The molecule has 3 nitrogen and oxygen atoms in total. The Kier molecular flexibility index (Phi) is 2.80. The molecule has 2 aromatic carbocycles. The molecule has 1 N–H and O–H groups in total. The number of aromatic hydroxyl groups is 1. The Hall–Kier alpha value is -2.55. The summed E-state index contributed by atoms with van der Waals surface area (Å²) in [5, 5.41) is 14.0. The molecule has 19 heavy (non-hydrogen) atoms. The van der Waals surface area contributed by atoms with Gasteiger partial charge in [0, 0.05) is 11.6 Å². The molecule has 0 spiro atoms. The fraction of sp³-hybridized carbons (Fsp3) is 0.0625. The number of rotatable bonds is 2. The summed E-state index contributed by atoms with van der Waals surface area (Å²) in [7, 11) is 0. The molecule has 0 saturated heterocycles. The lowest BCUT2D eigenvalue weighted by Gasteiger charge is -2.00. The zero-order valence-corrected chi connectivity index (χ0v) is 10.5. The summed E-state index contributed by atoms with van der Waals surface area (Å²) in [5.74, 6) is 0.770. The molecule has 0 amide bonds. The summed E-state index contributed by atoms with van der Waals surface area (Å²) in [5.41, 5.74) is 3.41. The molecule has 0 bridgehead atoms. The summed E-state index contributed by atoms with van der Waals surface area (Å²) in [6.45, 7) is 1.93. The summed E-state index contributed by atoms with van der Waals surface area (Å²) < 4.78 is 5.32. The minimum absolute atomic E-state index is 0.204. The summed E-state index contributed by atoms with van der Waals surface area (Å²) in [6, 6.07) is 17.1. The van der Waals surface area contributed by atoms with Crippen LogP contribution in [0.15, 0.2) is 59.1 Å². The van der Waals surface area contributed by atoms with Gasteiger partial charge >= 0.3 is 0 Å². The standard InChI is InChI=1S/C16H13NO2/c1-11-7-8-13(15(18)9-11)16-10-14(17-19-16)12-5-3-2-4-6-12/h2-10,18H,1H3. The van der Waals surface area contributed by atoms with E-state index < -0.39 is 0 Å². The number of benzene rings is 2. The van der Waals surface area contributed by atoms with Crippen molar-refractivity contribution in [2.24, 2.45) is 0 Å². The molecule has 0 fully saturated rings. The van der Waals surface area contributed by atoms with Gasteiger partial charge in [-0.2, -0.15) is 0 Å². The Bertz CT molecular complexity index is 702. The van der Waals surface area contributed by atoms with Gasteiger partial charge in [-0.15, -0.1) is 0 Å². The van der Waals surface area contributed by atoms with Crippen molar-refractivity contribution in [3.05, 3.63) is 60.2 Å². The number of hydrogen-bond acceptors (Lipinski definition) is 3. The van der Waals surface area contributed by atoms with Crippen molar-refractivity contribution in [3.63, 3.8) is 0 Å². The molecule has 3 heteroatoms. The number of aryl methyl sites for hydroxylation is 1. The monoisotopic (exact) mass is 251 g/mol. The molecule has 0 aliphatic rings. The van der Waals surface area contributed by atoms with E-state index in [0.717, 1.165) is 16.8 Å². The predicted molar refractivity (Wildman–Crippen MR) is 73.8 cm³/mol. The van der Waals surface area contributed by atoms with Gasteiger partial charge in [0.25, 0.3) is 0 Å². The molecule has 0 radical (unpaired) electrons. The maximum atomic E-state index is 9.94. The molecule has 1 heterocycles. The van der Waals surface area contributed by atoms with E-state index in [1.54, 1.807) is 6.07 Å². The first-order valence-electron chi connectivity index (χ1n) is 6.06. The highest BCUT2D eigenvalue weighted by Crippen LogP contribution is 2.32. The Morgan fingerprint density at radius 2 is 1.79 bits per heavy atom. The van der Waals surface area contributed by atoms with Crippen LogP contribution in [0.5, 0.6) is 5.75 Å². The number of aromatic nitrogens is 1. The quantitative estimate of drug-likeness (QED) is 0.748. The topological polar surface area (TPSA) is 46.3 Å². The van der Waals surface area contributed by atoms with E-state index in [4.69, 9.17) is 4.52 Å². The van der Waals surface area contributed by atoms with Gasteiger partial charge in [-0.25, -0.2) is 0 Å². The Labute approximate surface area is 111 Å². The number of phenolic OH excluding ortho intramolecular Hbond substituents is 1. The fourth-order valence-electron chi connectivity index (χ4n) is 2.00. The molecular weight excluding hydrogens is 238 g/mol. The lowest BCUT2D eigenvalue weighted by Crippen LogP contribution is -1.78. The highest BCUT2D eigenvalue weighted by Gasteiger charge is 2.11. The first-order chi connectivity index (χ1) is 9.24. The van der Waals surface area contributed by atoms with Gasteiger partial charge in [0.05, 0.1) is 5.56 Å². The molecule has 3 aromatic rings. The van der Waals surface area contributed by atoms with Crippen LogP contribution in [0.25, 0.3) is 22.6 Å². The fourth-order valence-corrected chi connectivity index (χ4v) is 2.00. The van der Waals surface area contributed by atoms with Gasteiger partial charge in [-0.3, -0.25) is 0 Å². The van der Waals surface area contributed by atoms with Crippen LogP contribution < -0.4 is 0 Å². The summed E-state index contributed by atoms with van der Waals surface area (Å²) in [4.78, 5) is 0.